The van der Waals surface area contributed by atoms with E-state index in [1.807, 2.05) is 12.1 Å². The zero-order valence-corrected chi connectivity index (χ0v) is 10.5. The van der Waals surface area contributed by atoms with Gasteiger partial charge in [0, 0.05) is 5.56 Å². The third kappa shape index (κ3) is 2.40. The minimum absolute atomic E-state index is 0. The van der Waals surface area contributed by atoms with Crippen molar-refractivity contribution in [1.82, 2.24) is 0 Å². The first kappa shape index (κ1) is 13.5. The summed E-state index contributed by atoms with van der Waals surface area (Å²) in [5, 5.41) is 0.499. The van der Waals surface area contributed by atoms with Crippen LogP contribution in [0, 0.1) is 0 Å². The Hall–Kier alpha value is -0.570. The van der Waals surface area contributed by atoms with Crippen LogP contribution in [0.3, 0.4) is 0 Å². The number of nitrogens with two attached hydrogens (primary N) is 1. The van der Waals surface area contributed by atoms with E-state index in [2.05, 4.69) is 0 Å². The number of rotatable bonds is 2. The summed E-state index contributed by atoms with van der Waals surface area (Å²) in [5.74, 6) is -0.00870. The van der Waals surface area contributed by atoms with Crippen LogP contribution in [-0.4, -0.2) is 11.3 Å². The Morgan fingerprint density at radius 2 is 1.81 bits per heavy atom. The van der Waals surface area contributed by atoms with Gasteiger partial charge in [-0.2, -0.15) is 0 Å². The fraction of sp³-hybridized carbons (Fsp3) is 0.417. The van der Waals surface area contributed by atoms with Gasteiger partial charge in [0.1, 0.15) is 0 Å². The number of hydrogen-bond donors (Lipinski definition) is 1. The highest BCUT2D eigenvalue weighted by atomic mass is 35.5. The summed E-state index contributed by atoms with van der Waals surface area (Å²) in [5.41, 5.74) is 5.98. The first-order chi connectivity index (χ1) is 7.13. The topological polar surface area (TPSA) is 43.1 Å². The number of halogens is 2. The molecule has 1 aromatic rings. The molecule has 0 unspecified atom stereocenters. The summed E-state index contributed by atoms with van der Waals surface area (Å²) in [6.45, 7) is 0. The minimum atomic E-state index is -0.676. The van der Waals surface area contributed by atoms with E-state index in [0.29, 0.717) is 10.6 Å². The second kappa shape index (κ2) is 5.17. The van der Waals surface area contributed by atoms with Gasteiger partial charge in [-0.25, -0.2) is 0 Å². The Bertz CT molecular complexity index is 386. The van der Waals surface area contributed by atoms with Crippen molar-refractivity contribution in [1.29, 1.82) is 0 Å². The summed E-state index contributed by atoms with van der Waals surface area (Å²) < 4.78 is 0. The van der Waals surface area contributed by atoms with Crippen LogP contribution < -0.4 is 5.73 Å². The van der Waals surface area contributed by atoms with E-state index >= 15 is 0 Å². The quantitative estimate of drug-likeness (QED) is 0.829. The molecule has 1 aromatic carbocycles. The van der Waals surface area contributed by atoms with Crippen LogP contribution in [0.5, 0.6) is 0 Å². The van der Waals surface area contributed by atoms with Gasteiger partial charge in [0.25, 0.3) is 0 Å². The second-order valence-electron chi connectivity index (χ2n) is 4.17. The molecule has 16 heavy (non-hydrogen) atoms. The van der Waals surface area contributed by atoms with Gasteiger partial charge in [-0.05, 0) is 25.0 Å². The fourth-order valence-electron chi connectivity index (χ4n) is 2.15. The number of benzene rings is 1. The van der Waals surface area contributed by atoms with Crippen LogP contribution in [0.2, 0.25) is 5.02 Å². The molecule has 0 aromatic heterocycles. The molecule has 2 N–H and O–H groups in total. The first-order valence-corrected chi connectivity index (χ1v) is 5.59. The summed E-state index contributed by atoms with van der Waals surface area (Å²) >= 11 is 5.98. The van der Waals surface area contributed by atoms with E-state index in [-0.39, 0.29) is 18.2 Å². The molecule has 2 rings (SSSR count). The molecule has 0 heterocycles. The van der Waals surface area contributed by atoms with Gasteiger partial charge in [-0.1, -0.05) is 36.6 Å². The number of carbonyl (C=O) groups is 1. The molecule has 1 aliphatic carbocycles. The van der Waals surface area contributed by atoms with Crippen LogP contribution in [-0.2, 0) is 0 Å². The lowest BCUT2D eigenvalue weighted by Gasteiger charge is -2.22. The Morgan fingerprint density at radius 3 is 2.38 bits per heavy atom. The van der Waals surface area contributed by atoms with Crippen LogP contribution in [0.1, 0.15) is 36.0 Å². The number of ketones is 1. The van der Waals surface area contributed by atoms with E-state index in [9.17, 15) is 4.79 Å². The molecule has 0 amide bonds. The molecule has 0 radical (unpaired) electrons. The smallest absolute Gasteiger partial charge is 0.184 e. The summed E-state index contributed by atoms with van der Waals surface area (Å²) in [4.78, 5) is 12.2. The van der Waals surface area contributed by atoms with Crippen molar-refractivity contribution in [3.8, 4) is 0 Å². The van der Waals surface area contributed by atoms with Gasteiger partial charge < -0.3 is 5.73 Å². The summed E-state index contributed by atoms with van der Waals surface area (Å²) in [7, 11) is 0. The lowest BCUT2D eigenvalue weighted by atomic mass is 9.89. The van der Waals surface area contributed by atoms with Gasteiger partial charge in [0.2, 0.25) is 0 Å². The van der Waals surface area contributed by atoms with Crippen molar-refractivity contribution in [3.63, 3.8) is 0 Å². The Morgan fingerprint density at radius 1 is 1.25 bits per heavy atom. The second-order valence-corrected chi connectivity index (χ2v) is 4.58. The molecular weight excluding hydrogens is 245 g/mol. The fourth-order valence-corrected chi connectivity index (χ4v) is 2.37. The molecule has 88 valence electrons. The van der Waals surface area contributed by atoms with E-state index in [1.54, 1.807) is 12.1 Å². The molecule has 0 bridgehead atoms. The lowest BCUT2D eigenvalue weighted by molar-refractivity contribution is 0.0892. The predicted molar refractivity (Wildman–Crippen MR) is 68.4 cm³/mol. The average Bonchev–Trinajstić information content (AvgIpc) is 2.66. The normalized spacial score (nSPS) is 17.9. The van der Waals surface area contributed by atoms with E-state index in [1.165, 1.54) is 0 Å². The van der Waals surface area contributed by atoms with E-state index in [0.717, 1.165) is 25.7 Å². The van der Waals surface area contributed by atoms with Gasteiger partial charge >= 0.3 is 0 Å². The van der Waals surface area contributed by atoms with Gasteiger partial charge in [0.15, 0.2) is 5.78 Å². The Kier molecular flexibility index (Phi) is 4.36. The Balaban J connectivity index is 0.00000128. The highest BCUT2D eigenvalue weighted by Gasteiger charge is 2.37. The lowest BCUT2D eigenvalue weighted by Crippen LogP contribution is -2.45. The zero-order valence-electron chi connectivity index (χ0n) is 8.91. The monoisotopic (exact) mass is 259 g/mol. The average molecular weight is 260 g/mol. The molecule has 0 atom stereocenters. The van der Waals surface area contributed by atoms with Gasteiger partial charge in [-0.3, -0.25) is 4.79 Å². The Labute approximate surface area is 107 Å². The summed E-state index contributed by atoms with van der Waals surface area (Å²) in [6, 6.07) is 7.11. The molecule has 2 nitrogen and oxygen atoms in total. The molecule has 1 fully saturated rings. The van der Waals surface area contributed by atoms with Crippen LogP contribution in [0.15, 0.2) is 24.3 Å². The van der Waals surface area contributed by atoms with Gasteiger partial charge in [0.05, 0.1) is 10.6 Å². The van der Waals surface area contributed by atoms with Crippen molar-refractivity contribution >= 4 is 29.8 Å². The zero-order chi connectivity index (χ0) is 10.9. The molecule has 1 saturated carbocycles. The van der Waals surface area contributed by atoms with Crippen LogP contribution in [0.25, 0.3) is 0 Å². The van der Waals surface area contributed by atoms with Gasteiger partial charge in [-0.15, -0.1) is 12.4 Å². The van der Waals surface area contributed by atoms with Crippen molar-refractivity contribution in [2.75, 3.05) is 0 Å². The highest BCUT2D eigenvalue weighted by molar-refractivity contribution is 6.34. The predicted octanol–water partition coefficient (Wildman–Crippen LogP) is 3.22. The van der Waals surface area contributed by atoms with Crippen molar-refractivity contribution in [2.45, 2.75) is 31.2 Å². The molecule has 0 saturated heterocycles. The number of hydrogen-bond acceptors (Lipinski definition) is 2. The van der Waals surface area contributed by atoms with Crippen LogP contribution in [0.4, 0.5) is 0 Å². The SMILES string of the molecule is Cl.NC1(C(=O)c2ccccc2Cl)CCCC1. The number of Topliss-reactive ketones (excluding diaryl/α,β-unsaturated/α-hetero) is 1. The highest BCUT2D eigenvalue weighted by Crippen LogP contribution is 2.32. The minimum Gasteiger partial charge on any atom is -0.319 e. The molecule has 0 aliphatic heterocycles. The maximum absolute atomic E-state index is 12.2. The van der Waals surface area contributed by atoms with E-state index in [4.69, 9.17) is 17.3 Å². The van der Waals surface area contributed by atoms with Crippen molar-refractivity contribution in [3.05, 3.63) is 34.9 Å². The van der Waals surface area contributed by atoms with E-state index < -0.39 is 5.54 Å². The first-order valence-electron chi connectivity index (χ1n) is 5.22. The standard InChI is InChI=1S/C12H14ClNO.ClH/c13-10-6-2-1-5-9(10)11(15)12(14)7-3-4-8-12;/h1-2,5-6H,3-4,7-8,14H2;1H. The molecule has 4 heteroatoms. The molecule has 1 aliphatic rings. The van der Waals surface area contributed by atoms with Crippen molar-refractivity contribution < 1.29 is 4.79 Å². The third-order valence-electron chi connectivity index (χ3n) is 3.07. The molecule has 0 spiro atoms. The number of carbonyl (C=O) groups excluding carboxylic acids is 1. The third-order valence-corrected chi connectivity index (χ3v) is 3.40. The largest absolute Gasteiger partial charge is 0.319 e. The molecular formula is C12H15Cl2NO. The van der Waals surface area contributed by atoms with Crippen molar-refractivity contribution in [2.24, 2.45) is 5.73 Å². The van der Waals surface area contributed by atoms with Crippen LogP contribution >= 0.6 is 24.0 Å². The maximum Gasteiger partial charge on any atom is 0.184 e. The maximum atomic E-state index is 12.2. The summed E-state index contributed by atoms with van der Waals surface area (Å²) in [6.07, 6.45) is 3.62.